The van der Waals surface area contributed by atoms with Gasteiger partial charge in [-0.15, -0.1) is 0 Å². The molecule has 1 amide bonds. The first kappa shape index (κ1) is 21.2. The Kier molecular flexibility index (Phi) is 4.91. The average Bonchev–Trinajstić information content (AvgIpc) is 3.53. The number of aromatic nitrogens is 1. The molecular weight excluding hydrogens is 447 g/mol. The number of pyridine rings is 1. The molecule has 2 aromatic rings. The summed E-state index contributed by atoms with van der Waals surface area (Å²) >= 11 is 12.9. The lowest BCUT2D eigenvalue weighted by atomic mass is 9.98. The molecule has 6 nitrogen and oxygen atoms in total. The highest BCUT2D eigenvalue weighted by atomic mass is 35.5. The van der Waals surface area contributed by atoms with Crippen LogP contribution in [0.1, 0.15) is 43.5 Å². The number of sulfone groups is 1. The molecule has 1 aromatic heterocycles. The van der Waals surface area contributed by atoms with Crippen LogP contribution in [0.25, 0.3) is 10.7 Å². The molecule has 0 spiro atoms. The van der Waals surface area contributed by atoms with Gasteiger partial charge in [0.25, 0.3) is 0 Å². The van der Waals surface area contributed by atoms with E-state index in [0.717, 1.165) is 12.8 Å². The van der Waals surface area contributed by atoms with Crippen molar-refractivity contribution in [2.45, 2.75) is 31.4 Å². The summed E-state index contributed by atoms with van der Waals surface area (Å²) in [6.07, 6.45) is 3.09. The summed E-state index contributed by atoms with van der Waals surface area (Å²) in [5.41, 5.74) is 0.876. The van der Waals surface area contributed by atoms with Crippen LogP contribution in [0.15, 0.2) is 30.5 Å². The van der Waals surface area contributed by atoms with Crippen molar-refractivity contribution in [1.82, 2.24) is 4.98 Å². The Balaban J connectivity index is 1.98. The van der Waals surface area contributed by atoms with Crippen LogP contribution in [0.4, 0.5) is 5.69 Å². The van der Waals surface area contributed by atoms with Crippen molar-refractivity contribution in [3.05, 3.63) is 57.3 Å². The highest BCUT2D eigenvalue weighted by molar-refractivity contribution is 8.01. The predicted molar refractivity (Wildman–Crippen MR) is 118 cm³/mol. The highest BCUT2D eigenvalue weighted by Crippen LogP contribution is 2.50. The first-order valence-corrected chi connectivity index (χ1v) is 11.6. The number of carbonyl (C=O) groups excluding carboxylic acids is 1. The second kappa shape index (κ2) is 6.97. The molecule has 0 unspecified atom stereocenters. The molecule has 0 atom stereocenters. The van der Waals surface area contributed by atoms with Crippen LogP contribution in [0.3, 0.4) is 0 Å². The van der Waals surface area contributed by atoms with E-state index in [1.807, 2.05) is 0 Å². The molecule has 0 bridgehead atoms. The second-order valence-corrected chi connectivity index (χ2v) is 11.2. The Bertz CT molecular complexity index is 1220. The number of halogens is 2. The van der Waals surface area contributed by atoms with Gasteiger partial charge in [-0.3, -0.25) is 9.78 Å². The van der Waals surface area contributed by atoms with Gasteiger partial charge in [-0.25, -0.2) is 8.42 Å². The lowest BCUT2D eigenvalue weighted by Gasteiger charge is -2.33. The van der Waals surface area contributed by atoms with Gasteiger partial charge in [-0.05, 0) is 38.8 Å². The van der Waals surface area contributed by atoms with Crippen molar-refractivity contribution in [3.8, 4) is 0 Å². The Morgan fingerprint density at radius 1 is 1.23 bits per heavy atom. The van der Waals surface area contributed by atoms with Gasteiger partial charge >= 0.3 is 0 Å². The van der Waals surface area contributed by atoms with Gasteiger partial charge < -0.3 is 10.0 Å². The fraction of sp³-hybridized carbons (Fsp3) is 0.333. The van der Waals surface area contributed by atoms with Crippen LogP contribution in [-0.4, -0.2) is 31.5 Å². The van der Waals surface area contributed by atoms with E-state index in [9.17, 15) is 18.3 Å². The van der Waals surface area contributed by atoms with Crippen LogP contribution in [0, 0.1) is 5.92 Å². The van der Waals surface area contributed by atoms with E-state index < -0.39 is 20.3 Å². The molecule has 9 heteroatoms. The van der Waals surface area contributed by atoms with Crippen LogP contribution >= 0.6 is 23.2 Å². The number of nitrogens with zero attached hydrogens (tertiary/aromatic N) is 2. The quantitative estimate of drug-likeness (QED) is 0.700. The van der Waals surface area contributed by atoms with Gasteiger partial charge in [0, 0.05) is 30.3 Å². The minimum Gasteiger partial charge on any atom is -0.504 e. The Labute approximate surface area is 185 Å². The molecule has 1 fully saturated rings. The number of fused-ring (bicyclic) bond motifs is 1. The molecule has 30 heavy (non-hydrogen) atoms. The number of hydrogen-bond acceptors (Lipinski definition) is 5. The molecule has 1 aromatic carbocycles. The van der Waals surface area contributed by atoms with E-state index in [2.05, 4.69) is 4.98 Å². The predicted octanol–water partition coefficient (Wildman–Crippen LogP) is 4.81. The summed E-state index contributed by atoms with van der Waals surface area (Å²) in [6.45, 7) is 3.12. The Morgan fingerprint density at radius 3 is 2.53 bits per heavy atom. The monoisotopic (exact) mass is 466 g/mol. The number of amides is 1. The van der Waals surface area contributed by atoms with Crippen LogP contribution in [0.5, 0.6) is 0 Å². The fourth-order valence-electron chi connectivity index (χ4n) is 3.73. The third-order valence-electron chi connectivity index (χ3n) is 5.74. The summed E-state index contributed by atoms with van der Waals surface area (Å²) in [5, 5.41) is 11.1. The van der Waals surface area contributed by atoms with Gasteiger partial charge in [-0.2, -0.15) is 0 Å². The summed E-state index contributed by atoms with van der Waals surface area (Å²) < 4.78 is 25.8. The molecule has 0 saturated heterocycles. The lowest BCUT2D eigenvalue weighted by molar-refractivity contribution is -0.119. The zero-order valence-corrected chi connectivity index (χ0v) is 18.9. The average molecular weight is 467 g/mol. The number of anilines is 1. The largest absolute Gasteiger partial charge is 0.504 e. The maximum Gasteiger partial charge on any atom is 0.229 e. The number of hydrogen-bond donors (Lipinski definition) is 1. The van der Waals surface area contributed by atoms with E-state index in [4.69, 9.17) is 23.2 Å². The van der Waals surface area contributed by atoms with Crippen molar-refractivity contribution >= 4 is 55.3 Å². The maximum absolute atomic E-state index is 13.6. The highest BCUT2D eigenvalue weighted by Gasteiger charge is 2.48. The maximum atomic E-state index is 13.6. The summed E-state index contributed by atoms with van der Waals surface area (Å²) in [5.74, 6) is -0.684. The Hall–Kier alpha value is -2.09. The lowest BCUT2D eigenvalue weighted by Crippen LogP contribution is -2.35. The minimum atomic E-state index is -4.06. The van der Waals surface area contributed by atoms with Crippen molar-refractivity contribution in [3.63, 3.8) is 0 Å². The van der Waals surface area contributed by atoms with Gasteiger partial charge in [0.15, 0.2) is 15.6 Å². The molecule has 2 aliphatic rings. The van der Waals surface area contributed by atoms with E-state index in [-0.39, 0.29) is 43.7 Å². The van der Waals surface area contributed by atoms with Gasteiger partial charge in [0.05, 0.1) is 20.5 Å². The number of aliphatic hydroxyl groups is 1. The van der Waals surface area contributed by atoms with Gasteiger partial charge in [0.2, 0.25) is 5.91 Å². The molecule has 158 valence electrons. The third kappa shape index (κ3) is 2.94. The first-order chi connectivity index (χ1) is 14.0. The molecule has 1 aliphatic carbocycles. The molecule has 1 saturated carbocycles. The Morgan fingerprint density at radius 2 is 1.90 bits per heavy atom. The number of rotatable bonds is 3. The third-order valence-corrected chi connectivity index (χ3v) is 8.94. The molecule has 0 radical (unpaired) electrons. The normalized spacial score (nSPS) is 19.4. The first-order valence-electron chi connectivity index (χ1n) is 9.39. The van der Waals surface area contributed by atoms with Crippen molar-refractivity contribution in [2.24, 2.45) is 5.92 Å². The zero-order valence-electron chi connectivity index (χ0n) is 16.6. The second-order valence-electron chi connectivity index (χ2n) is 8.02. The topological polar surface area (TPSA) is 87.6 Å². The zero-order chi connectivity index (χ0) is 22.0. The molecule has 1 N–H and O–H groups in total. The van der Waals surface area contributed by atoms with Crippen LogP contribution < -0.4 is 4.90 Å². The van der Waals surface area contributed by atoms with E-state index in [1.54, 1.807) is 33.0 Å². The molecule has 1 aliphatic heterocycles. The van der Waals surface area contributed by atoms with Crippen molar-refractivity contribution in [1.29, 1.82) is 0 Å². The fourth-order valence-corrected chi connectivity index (χ4v) is 6.28. The van der Waals surface area contributed by atoms with Crippen LogP contribution in [0.2, 0.25) is 10.0 Å². The summed E-state index contributed by atoms with van der Waals surface area (Å²) in [6, 6.07) is 6.17. The van der Waals surface area contributed by atoms with E-state index >= 15 is 0 Å². The minimum absolute atomic E-state index is 0.0145. The van der Waals surface area contributed by atoms with Crippen molar-refractivity contribution in [2.75, 3.05) is 11.9 Å². The number of benzene rings is 1. The number of aliphatic hydroxyl groups excluding tert-OH is 1. The van der Waals surface area contributed by atoms with Gasteiger partial charge in [-0.1, -0.05) is 35.3 Å². The van der Waals surface area contributed by atoms with Crippen LogP contribution in [-0.2, 0) is 19.4 Å². The molecule has 2 heterocycles. The van der Waals surface area contributed by atoms with Gasteiger partial charge in [0.1, 0.15) is 10.6 Å². The smallest absolute Gasteiger partial charge is 0.229 e. The van der Waals surface area contributed by atoms with E-state index in [1.165, 1.54) is 23.2 Å². The van der Waals surface area contributed by atoms with Crippen molar-refractivity contribution < 1.29 is 18.3 Å². The summed E-state index contributed by atoms with van der Waals surface area (Å²) in [7, 11) is -2.50. The number of carbonyl (C=O) groups is 1. The SMILES string of the molecule is CN(C(=O)C1CC1)c1c(Cl)ccc(C2=C(O)c3ncccc3C(C)(C)S2(=O)=O)c1Cl. The molecular formula is C21H20Cl2N2O4S. The van der Waals surface area contributed by atoms with E-state index in [0.29, 0.717) is 5.56 Å². The standard InChI is InChI=1S/C21H20Cl2N2O4S/c1-21(2)13-5-4-10-24-16(13)18(26)19(30(21,28)29)12-8-9-14(22)17(15(12)23)25(3)20(27)11-6-7-11/h4-5,8-11,26H,6-7H2,1-3H3. The molecule has 4 rings (SSSR count). The summed E-state index contributed by atoms with van der Waals surface area (Å²) in [4.78, 5) is 17.8.